The molecule has 4 rings (SSSR count). The lowest BCUT2D eigenvalue weighted by atomic mass is 10.2. The van der Waals surface area contributed by atoms with Crippen LogP contribution in [-0.2, 0) is 16.6 Å². The maximum atomic E-state index is 13.0. The van der Waals surface area contributed by atoms with Gasteiger partial charge in [-0.15, -0.1) is 10.2 Å². The number of carbonyl (C=O) groups is 1. The van der Waals surface area contributed by atoms with Crippen LogP contribution in [0.2, 0.25) is 0 Å². The number of ether oxygens (including phenoxy) is 1. The van der Waals surface area contributed by atoms with Crippen molar-refractivity contribution in [1.82, 2.24) is 24.5 Å². The molecule has 1 atom stereocenters. The third-order valence-electron chi connectivity index (χ3n) is 5.68. The molecule has 0 saturated carbocycles. The number of nitrogens with one attached hydrogen (secondary N) is 1. The number of benzene rings is 1. The Hall–Kier alpha value is -2.85. The SMILES string of the molecule is Cc1ccccc1-n1c(SC(C)C(=O)Nc2c(C)nn(C)c2C)nnc1N1CCOCC1. The molecule has 3 heterocycles. The molecule has 170 valence electrons. The van der Waals surface area contributed by atoms with Crippen LogP contribution in [0.5, 0.6) is 0 Å². The summed E-state index contributed by atoms with van der Waals surface area (Å²) in [5.74, 6) is 0.679. The zero-order chi connectivity index (χ0) is 22.8. The Kier molecular flexibility index (Phi) is 6.52. The van der Waals surface area contributed by atoms with Crippen LogP contribution in [0.4, 0.5) is 11.6 Å². The molecule has 1 amide bonds. The van der Waals surface area contributed by atoms with E-state index < -0.39 is 0 Å². The maximum absolute atomic E-state index is 13.0. The van der Waals surface area contributed by atoms with Crippen LogP contribution in [0, 0.1) is 20.8 Å². The summed E-state index contributed by atoms with van der Waals surface area (Å²) in [6, 6.07) is 8.14. The number of rotatable bonds is 6. The number of morpholine rings is 1. The fourth-order valence-electron chi connectivity index (χ4n) is 3.72. The zero-order valence-electron chi connectivity index (χ0n) is 19.1. The molecule has 32 heavy (non-hydrogen) atoms. The van der Waals surface area contributed by atoms with Gasteiger partial charge in [0.25, 0.3) is 0 Å². The van der Waals surface area contributed by atoms with Gasteiger partial charge in [-0.2, -0.15) is 5.10 Å². The summed E-state index contributed by atoms with van der Waals surface area (Å²) in [5, 5.41) is 16.7. The third-order valence-corrected chi connectivity index (χ3v) is 6.72. The number of anilines is 2. The van der Waals surface area contributed by atoms with Crippen molar-refractivity contribution in [2.45, 2.75) is 38.1 Å². The second-order valence-electron chi connectivity index (χ2n) is 7.92. The van der Waals surface area contributed by atoms with E-state index >= 15 is 0 Å². The standard InChI is InChI=1S/C22H29N7O2S/c1-14-8-6-7-9-18(14)29-21(28-10-12-31-13-11-28)24-25-22(29)32-17(4)20(30)23-19-15(2)26-27(5)16(19)3/h6-9,17H,10-13H2,1-5H3,(H,23,30). The Morgan fingerprint density at radius 1 is 1.16 bits per heavy atom. The van der Waals surface area contributed by atoms with Crippen LogP contribution >= 0.6 is 11.8 Å². The van der Waals surface area contributed by atoms with Gasteiger partial charge in [0.1, 0.15) is 0 Å². The predicted octanol–water partition coefficient (Wildman–Crippen LogP) is 2.88. The molecule has 2 aromatic heterocycles. The van der Waals surface area contributed by atoms with Crippen molar-refractivity contribution in [2.75, 3.05) is 36.5 Å². The first-order valence-corrected chi connectivity index (χ1v) is 11.6. The molecule has 1 aliphatic heterocycles. The number of nitrogens with zero attached hydrogens (tertiary/aromatic N) is 6. The van der Waals surface area contributed by atoms with Crippen LogP contribution < -0.4 is 10.2 Å². The minimum atomic E-state index is -0.376. The number of aromatic nitrogens is 5. The average molecular weight is 456 g/mol. The highest BCUT2D eigenvalue weighted by Crippen LogP contribution is 2.31. The summed E-state index contributed by atoms with van der Waals surface area (Å²) in [4.78, 5) is 15.2. The first-order valence-electron chi connectivity index (χ1n) is 10.7. The van der Waals surface area contributed by atoms with E-state index in [0.717, 1.165) is 47.4 Å². The molecule has 10 heteroatoms. The monoisotopic (exact) mass is 455 g/mol. The molecule has 1 fully saturated rings. The second-order valence-corrected chi connectivity index (χ2v) is 9.23. The molecule has 3 aromatic rings. The second kappa shape index (κ2) is 9.33. The fraction of sp³-hybridized carbons (Fsp3) is 0.455. The minimum Gasteiger partial charge on any atom is -0.378 e. The molecule has 1 unspecified atom stereocenters. The van der Waals surface area contributed by atoms with Crippen molar-refractivity contribution in [1.29, 1.82) is 0 Å². The van der Waals surface area contributed by atoms with Gasteiger partial charge in [-0.1, -0.05) is 30.0 Å². The van der Waals surface area contributed by atoms with Crippen molar-refractivity contribution in [3.63, 3.8) is 0 Å². The Labute approximate surface area is 192 Å². The summed E-state index contributed by atoms with van der Waals surface area (Å²) in [5.41, 5.74) is 4.61. The van der Waals surface area contributed by atoms with E-state index in [2.05, 4.69) is 49.1 Å². The van der Waals surface area contributed by atoms with Gasteiger partial charge in [-0.25, -0.2) is 0 Å². The molecular formula is C22H29N7O2S. The number of aryl methyl sites for hydroxylation is 3. The fourth-order valence-corrected chi connectivity index (χ4v) is 4.58. The lowest BCUT2D eigenvalue weighted by molar-refractivity contribution is -0.115. The normalized spacial score (nSPS) is 15.1. The van der Waals surface area contributed by atoms with Gasteiger partial charge in [0, 0.05) is 20.1 Å². The van der Waals surface area contributed by atoms with E-state index in [1.54, 1.807) is 4.68 Å². The quantitative estimate of drug-likeness (QED) is 0.572. The van der Waals surface area contributed by atoms with E-state index in [1.165, 1.54) is 11.8 Å². The molecule has 0 radical (unpaired) electrons. The predicted molar refractivity (Wildman–Crippen MR) is 126 cm³/mol. The van der Waals surface area contributed by atoms with E-state index in [0.29, 0.717) is 18.4 Å². The first-order chi connectivity index (χ1) is 15.4. The van der Waals surface area contributed by atoms with Gasteiger partial charge in [-0.3, -0.25) is 14.0 Å². The topological polar surface area (TPSA) is 90.1 Å². The highest BCUT2D eigenvalue weighted by atomic mass is 32.2. The van der Waals surface area contributed by atoms with Gasteiger partial charge in [0.05, 0.1) is 41.2 Å². The number of amides is 1. The van der Waals surface area contributed by atoms with Crippen LogP contribution in [-0.4, -0.2) is 62.0 Å². The minimum absolute atomic E-state index is 0.0959. The number of thioether (sulfide) groups is 1. The zero-order valence-corrected chi connectivity index (χ0v) is 19.9. The van der Waals surface area contributed by atoms with Crippen LogP contribution in [0.3, 0.4) is 0 Å². The molecule has 1 aliphatic rings. The lowest BCUT2D eigenvalue weighted by Crippen LogP contribution is -2.38. The van der Waals surface area contributed by atoms with Crippen LogP contribution in [0.25, 0.3) is 5.69 Å². The van der Waals surface area contributed by atoms with Crippen LogP contribution in [0.15, 0.2) is 29.4 Å². The molecule has 9 nitrogen and oxygen atoms in total. The van der Waals surface area contributed by atoms with Crippen molar-refractivity contribution in [2.24, 2.45) is 7.05 Å². The van der Waals surface area contributed by atoms with Crippen LogP contribution in [0.1, 0.15) is 23.9 Å². The Bertz CT molecular complexity index is 1120. The summed E-state index contributed by atoms with van der Waals surface area (Å²) in [7, 11) is 1.87. The Morgan fingerprint density at radius 3 is 2.53 bits per heavy atom. The van der Waals surface area contributed by atoms with Crippen molar-refractivity contribution < 1.29 is 9.53 Å². The van der Waals surface area contributed by atoms with Gasteiger partial charge in [-0.05, 0) is 39.3 Å². The van der Waals surface area contributed by atoms with Gasteiger partial charge in [0.2, 0.25) is 11.9 Å². The molecule has 1 N–H and O–H groups in total. The number of para-hydroxylation sites is 1. The lowest BCUT2D eigenvalue weighted by Gasteiger charge is -2.28. The van der Waals surface area contributed by atoms with Crippen molar-refractivity contribution in [3.05, 3.63) is 41.2 Å². The van der Waals surface area contributed by atoms with E-state index in [9.17, 15) is 4.79 Å². The van der Waals surface area contributed by atoms with Crippen molar-refractivity contribution >= 4 is 29.3 Å². The first kappa shape index (κ1) is 22.3. The maximum Gasteiger partial charge on any atom is 0.237 e. The molecule has 0 aliphatic carbocycles. The smallest absolute Gasteiger partial charge is 0.237 e. The average Bonchev–Trinajstić information content (AvgIpc) is 3.30. The largest absolute Gasteiger partial charge is 0.378 e. The molecular weight excluding hydrogens is 426 g/mol. The van der Waals surface area contributed by atoms with E-state index in [-0.39, 0.29) is 11.2 Å². The highest BCUT2D eigenvalue weighted by Gasteiger charge is 2.26. The Morgan fingerprint density at radius 2 is 1.88 bits per heavy atom. The summed E-state index contributed by atoms with van der Waals surface area (Å²) < 4.78 is 9.33. The van der Waals surface area contributed by atoms with Gasteiger partial charge in [0.15, 0.2) is 5.16 Å². The third kappa shape index (κ3) is 4.37. The van der Waals surface area contributed by atoms with E-state index in [1.807, 2.05) is 40.0 Å². The molecule has 1 aromatic carbocycles. The van der Waals surface area contributed by atoms with E-state index in [4.69, 9.17) is 4.74 Å². The van der Waals surface area contributed by atoms with Gasteiger partial charge >= 0.3 is 0 Å². The molecule has 1 saturated heterocycles. The summed E-state index contributed by atoms with van der Waals surface area (Å²) in [6.07, 6.45) is 0. The van der Waals surface area contributed by atoms with Gasteiger partial charge < -0.3 is 15.0 Å². The number of hydrogen-bond donors (Lipinski definition) is 1. The number of hydrogen-bond acceptors (Lipinski definition) is 7. The molecule has 0 spiro atoms. The highest BCUT2D eigenvalue weighted by molar-refractivity contribution is 8.00. The Balaban J connectivity index is 1.62. The van der Waals surface area contributed by atoms with Crippen molar-refractivity contribution in [3.8, 4) is 5.69 Å². The number of carbonyl (C=O) groups excluding carboxylic acids is 1. The summed E-state index contributed by atoms with van der Waals surface area (Å²) >= 11 is 1.40. The molecule has 0 bridgehead atoms. The summed E-state index contributed by atoms with van der Waals surface area (Å²) in [6.45, 7) is 10.6.